The van der Waals surface area contributed by atoms with Gasteiger partial charge in [0.1, 0.15) is 0 Å². The topological polar surface area (TPSA) is 74.7 Å². The van der Waals surface area contributed by atoms with Crippen molar-refractivity contribution in [3.8, 4) is 0 Å². The van der Waals surface area contributed by atoms with E-state index in [0.29, 0.717) is 5.56 Å². The van der Waals surface area contributed by atoms with Crippen molar-refractivity contribution in [2.45, 2.75) is 38.6 Å². The van der Waals surface area contributed by atoms with Crippen LogP contribution in [0, 0.1) is 5.92 Å². The van der Waals surface area contributed by atoms with Gasteiger partial charge in [0.25, 0.3) is 5.91 Å². The average Bonchev–Trinajstić information content (AvgIpc) is 2.55. The van der Waals surface area contributed by atoms with Crippen LogP contribution in [0.4, 0.5) is 0 Å². The van der Waals surface area contributed by atoms with Gasteiger partial charge in [-0.25, -0.2) is 5.48 Å². The Morgan fingerprint density at radius 2 is 2.26 bits per heavy atom. The lowest BCUT2D eigenvalue weighted by molar-refractivity contribution is -0.0365. The molecule has 0 unspecified atom stereocenters. The third kappa shape index (κ3) is 4.28. The van der Waals surface area contributed by atoms with E-state index < -0.39 is 5.91 Å². The maximum Gasteiger partial charge on any atom is 0.276 e. The Bertz CT molecular complexity index is 546. The molecule has 126 valence electrons. The third-order valence-corrected chi connectivity index (χ3v) is 4.79. The van der Waals surface area contributed by atoms with Gasteiger partial charge in [-0.15, -0.1) is 0 Å². The Kier molecular flexibility index (Phi) is 5.59. The van der Waals surface area contributed by atoms with Crippen LogP contribution in [-0.2, 0) is 17.7 Å². The van der Waals surface area contributed by atoms with Crippen molar-refractivity contribution in [2.24, 2.45) is 5.92 Å². The van der Waals surface area contributed by atoms with Crippen LogP contribution >= 0.6 is 0 Å². The summed E-state index contributed by atoms with van der Waals surface area (Å²) in [6.45, 7) is 4.90. The second kappa shape index (κ2) is 7.86. The zero-order valence-corrected chi connectivity index (χ0v) is 13.5. The van der Waals surface area contributed by atoms with Crippen LogP contribution in [0.25, 0.3) is 0 Å². The number of ether oxygens (including phenoxy) is 1. The van der Waals surface area contributed by atoms with Crippen LogP contribution in [0.1, 0.15) is 47.3 Å². The maximum atomic E-state index is 11.4. The number of nitrogens with one attached hydrogen (secondary N) is 1. The minimum Gasteiger partial charge on any atom is -0.381 e. The molecule has 0 saturated carbocycles. The molecule has 23 heavy (non-hydrogen) atoms. The van der Waals surface area contributed by atoms with E-state index in [1.807, 2.05) is 6.07 Å². The third-order valence-electron chi connectivity index (χ3n) is 4.79. The summed E-state index contributed by atoms with van der Waals surface area (Å²) < 4.78 is 5.20. The fourth-order valence-corrected chi connectivity index (χ4v) is 3.24. The molecule has 0 aromatic carbocycles. The minimum absolute atomic E-state index is 0.416. The highest BCUT2D eigenvalue weighted by atomic mass is 16.5. The summed E-state index contributed by atoms with van der Waals surface area (Å²) in [4.78, 5) is 18.3. The molecule has 2 aliphatic rings. The smallest absolute Gasteiger partial charge is 0.276 e. The molecular weight excluding hydrogens is 294 g/mol. The number of fused-ring (bicyclic) bond motifs is 1. The predicted molar refractivity (Wildman–Crippen MR) is 85.2 cm³/mol. The average molecular weight is 319 g/mol. The zero-order chi connectivity index (χ0) is 16.1. The van der Waals surface area contributed by atoms with Gasteiger partial charge in [0.15, 0.2) is 0 Å². The molecule has 1 aromatic rings. The molecular formula is C17H25N3O3. The van der Waals surface area contributed by atoms with E-state index in [9.17, 15) is 4.79 Å². The van der Waals surface area contributed by atoms with Gasteiger partial charge in [0.05, 0.1) is 24.5 Å². The predicted octanol–water partition coefficient (Wildman–Crippen LogP) is 1.77. The summed E-state index contributed by atoms with van der Waals surface area (Å²) in [7, 11) is 0. The van der Waals surface area contributed by atoms with Crippen molar-refractivity contribution >= 4 is 5.91 Å². The van der Waals surface area contributed by atoms with Gasteiger partial charge in [0, 0.05) is 25.2 Å². The van der Waals surface area contributed by atoms with Gasteiger partial charge in [-0.3, -0.25) is 19.9 Å². The number of carbonyl (C=O) groups excluding carboxylic acids is 1. The van der Waals surface area contributed by atoms with Crippen LogP contribution in [0.3, 0.4) is 0 Å². The summed E-state index contributed by atoms with van der Waals surface area (Å²) in [5.41, 5.74) is 4.24. The number of unbranched alkanes of at least 4 members (excludes halogenated alkanes) is 2. The maximum absolute atomic E-state index is 11.4. The van der Waals surface area contributed by atoms with Gasteiger partial charge in [-0.2, -0.15) is 0 Å². The zero-order valence-electron chi connectivity index (χ0n) is 13.5. The molecule has 2 N–H and O–H groups in total. The second-order valence-corrected chi connectivity index (χ2v) is 6.55. The molecule has 0 spiro atoms. The Hall–Kier alpha value is -1.50. The van der Waals surface area contributed by atoms with E-state index in [1.54, 1.807) is 5.48 Å². The van der Waals surface area contributed by atoms with E-state index in [2.05, 4.69) is 9.88 Å². The fourth-order valence-electron chi connectivity index (χ4n) is 3.24. The van der Waals surface area contributed by atoms with Crippen molar-refractivity contribution in [1.82, 2.24) is 15.4 Å². The van der Waals surface area contributed by atoms with Crippen LogP contribution in [0.2, 0.25) is 0 Å². The van der Waals surface area contributed by atoms with E-state index in [1.165, 1.54) is 31.9 Å². The highest BCUT2D eigenvalue weighted by Gasteiger charge is 2.19. The molecule has 0 atom stereocenters. The monoisotopic (exact) mass is 319 g/mol. The molecule has 3 rings (SSSR count). The molecule has 1 saturated heterocycles. The number of hydrogen-bond acceptors (Lipinski definition) is 5. The number of amides is 1. The summed E-state index contributed by atoms with van der Waals surface area (Å²) in [5, 5.41) is 8.69. The Balaban J connectivity index is 1.41. The van der Waals surface area contributed by atoms with E-state index in [0.717, 1.165) is 56.4 Å². The lowest BCUT2D eigenvalue weighted by Gasteiger charge is -2.28. The Morgan fingerprint density at radius 1 is 1.39 bits per heavy atom. The Morgan fingerprint density at radius 3 is 3.00 bits per heavy atom. The largest absolute Gasteiger partial charge is 0.381 e. The molecule has 6 heteroatoms. The summed E-state index contributed by atoms with van der Waals surface area (Å²) in [5.74, 6) is 0.311. The lowest BCUT2D eigenvalue weighted by atomic mass is 9.99. The summed E-state index contributed by atoms with van der Waals surface area (Å²) in [6.07, 6.45) is 7.57. The molecule has 1 amide bonds. The highest BCUT2D eigenvalue weighted by molar-refractivity contribution is 5.93. The summed E-state index contributed by atoms with van der Waals surface area (Å²) >= 11 is 0. The van der Waals surface area contributed by atoms with Gasteiger partial charge in [-0.05, 0) is 37.4 Å². The molecule has 0 radical (unpaired) electrons. The number of carbonyl (C=O) groups is 1. The second-order valence-electron chi connectivity index (χ2n) is 6.55. The lowest BCUT2D eigenvalue weighted by Crippen LogP contribution is -2.32. The number of rotatable bonds is 7. The number of aromatic nitrogens is 1. The van der Waals surface area contributed by atoms with Gasteiger partial charge in [0.2, 0.25) is 0 Å². The quantitative estimate of drug-likeness (QED) is 0.455. The molecule has 0 bridgehead atoms. The van der Waals surface area contributed by atoms with Crippen LogP contribution < -0.4 is 5.48 Å². The van der Waals surface area contributed by atoms with Crippen molar-refractivity contribution in [1.29, 1.82) is 0 Å². The fraction of sp³-hybridized carbons (Fsp3) is 0.647. The van der Waals surface area contributed by atoms with Crippen molar-refractivity contribution in [3.63, 3.8) is 0 Å². The molecule has 0 aliphatic carbocycles. The first-order valence-electron chi connectivity index (χ1n) is 8.48. The van der Waals surface area contributed by atoms with Gasteiger partial charge in [-0.1, -0.05) is 12.8 Å². The minimum atomic E-state index is -0.500. The number of nitrogens with zero attached hydrogens (tertiary/aromatic N) is 2. The first-order valence-corrected chi connectivity index (χ1v) is 8.48. The van der Waals surface area contributed by atoms with Crippen molar-refractivity contribution in [2.75, 3.05) is 26.3 Å². The van der Waals surface area contributed by atoms with Crippen LogP contribution in [0.5, 0.6) is 0 Å². The number of pyridine rings is 1. The van der Waals surface area contributed by atoms with Gasteiger partial charge >= 0.3 is 0 Å². The van der Waals surface area contributed by atoms with Gasteiger partial charge < -0.3 is 4.74 Å². The number of hydrogen-bond donors (Lipinski definition) is 2. The standard InChI is InChI=1S/C17H25N3O3/c21-17(19-22)15-8-14-5-7-20(10-16(14)18-9-15)6-3-1-2-4-13-11-23-12-13/h8-9,13,22H,1-7,10-12H2,(H,19,21). The molecule has 2 aliphatic heterocycles. The highest BCUT2D eigenvalue weighted by Crippen LogP contribution is 2.20. The van der Waals surface area contributed by atoms with Crippen LogP contribution in [0.15, 0.2) is 12.3 Å². The van der Waals surface area contributed by atoms with Crippen LogP contribution in [-0.4, -0.2) is 47.3 Å². The van der Waals surface area contributed by atoms with Crippen molar-refractivity contribution in [3.05, 3.63) is 29.1 Å². The first kappa shape index (κ1) is 16.4. The van der Waals surface area contributed by atoms with E-state index in [-0.39, 0.29) is 0 Å². The SMILES string of the molecule is O=C(NO)c1cnc2c(c1)CCN(CCCCCC1COC1)C2. The molecule has 1 aromatic heterocycles. The molecule has 1 fully saturated rings. The normalized spacial score (nSPS) is 18.3. The van der Waals surface area contributed by atoms with E-state index in [4.69, 9.17) is 9.94 Å². The van der Waals surface area contributed by atoms with Crippen molar-refractivity contribution < 1.29 is 14.7 Å². The first-order chi connectivity index (χ1) is 11.3. The Labute approximate surface area is 136 Å². The van der Waals surface area contributed by atoms with E-state index >= 15 is 0 Å². The number of hydroxylamine groups is 1. The molecule has 3 heterocycles. The molecule has 6 nitrogen and oxygen atoms in total. The summed E-state index contributed by atoms with van der Waals surface area (Å²) in [6, 6.07) is 1.84.